The van der Waals surface area contributed by atoms with Crippen LogP contribution in [0.5, 0.6) is 0 Å². The molecule has 0 atom stereocenters. The molecule has 1 radical (unpaired) electrons. The Balaban J connectivity index is 1.08. The molecule has 5 heteroatoms. The van der Waals surface area contributed by atoms with Crippen LogP contribution in [0.1, 0.15) is 100 Å². The van der Waals surface area contributed by atoms with Gasteiger partial charge in [-0.3, -0.25) is 0 Å². The fourth-order valence-corrected chi connectivity index (χ4v) is 14.9. The first-order valence-electron chi connectivity index (χ1n) is 26.5. The van der Waals surface area contributed by atoms with Gasteiger partial charge in [0, 0.05) is 49.4 Å². The Labute approximate surface area is 438 Å². The third-order valence-electron chi connectivity index (χ3n) is 17.6. The Hall–Kier alpha value is -7.60. The van der Waals surface area contributed by atoms with Gasteiger partial charge >= 0.3 is 0 Å². The van der Waals surface area contributed by atoms with E-state index in [9.17, 15) is 0 Å². The highest BCUT2D eigenvalue weighted by Crippen LogP contribution is 2.63. The molecule has 3 nitrogen and oxygen atoms in total. The zero-order valence-corrected chi connectivity index (χ0v) is 43.9. The van der Waals surface area contributed by atoms with Crippen LogP contribution in [0, 0.1) is 0 Å². The average molecular weight is 972 g/mol. The molecule has 2 aliphatic carbocycles. The highest BCUT2D eigenvalue weighted by molar-refractivity contribution is 7.29. The van der Waals surface area contributed by atoms with Crippen LogP contribution < -0.4 is 20.5 Å². The summed E-state index contributed by atoms with van der Waals surface area (Å²) in [5.74, 6) is 0. The Morgan fingerprint density at radius 2 is 1.18 bits per heavy atom. The molecule has 4 heterocycles. The molecule has 0 amide bonds. The van der Waals surface area contributed by atoms with Crippen molar-refractivity contribution in [3.05, 3.63) is 221 Å². The summed E-state index contributed by atoms with van der Waals surface area (Å²) in [6, 6.07) is 68.6. The van der Waals surface area contributed by atoms with Crippen LogP contribution in [0.3, 0.4) is 0 Å². The quantitative estimate of drug-likeness (QED) is 0.179. The number of nitrogens with zero attached hydrogens (tertiary/aromatic N) is 1. The van der Waals surface area contributed by atoms with E-state index in [-0.39, 0.29) is 16.2 Å². The number of anilines is 5. The maximum absolute atomic E-state index is 7.15. The molecule has 0 unspecified atom stereocenters. The predicted molar refractivity (Wildman–Crippen MR) is 314 cm³/mol. The van der Waals surface area contributed by atoms with Crippen LogP contribution in [-0.4, -0.2) is 7.28 Å². The van der Waals surface area contributed by atoms with Crippen molar-refractivity contribution in [2.45, 2.75) is 83.0 Å². The van der Waals surface area contributed by atoms with E-state index in [2.05, 4.69) is 248 Å². The van der Waals surface area contributed by atoms with Crippen LogP contribution in [0.2, 0.25) is 0 Å². The molecule has 15 rings (SSSR count). The van der Waals surface area contributed by atoms with Crippen molar-refractivity contribution in [1.82, 2.24) is 0 Å². The number of hydrogen-bond acceptors (Lipinski definition) is 4. The number of rotatable bonds is 3. The molecule has 0 fully saturated rings. The second kappa shape index (κ2) is 15.2. The lowest BCUT2D eigenvalue weighted by Crippen LogP contribution is -2.39. The number of fused-ring (bicyclic) bond motifs is 17. The molecule has 0 saturated heterocycles. The van der Waals surface area contributed by atoms with Crippen LogP contribution in [0.25, 0.3) is 65.4 Å². The third kappa shape index (κ3) is 5.96. The van der Waals surface area contributed by atoms with Gasteiger partial charge in [-0.2, -0.15) is 0 Å². The number of furan rings is 1. The summed E-state index contributed by atoms with van der Waals surface area (Å²) in [6.45, 7) is 16.8. The summed E-state index contributed by atoms with van der Waals surface area (Å²) < 4.78 is 9.74. The first kappa shape index (κ1) is 43.9. The molecular weight excluding hydrogens is 916 g/mol. The van der Waals surface area contributed by atoms with Gasteiger partial charge in [0.25, 0.3) is 0 Å². The van der Waals surface area contributed by atoms with Gasteiger partial charge in [0.2, 0.25) is 7.28 Å². The highest BCUT2D eigenvalue weighted by atomic mass is 32.1. The molecule has 9 aromatic carbocycles. The minimum atomic E-state index is -0.554. The van der Waals surface area contributed by atoms with Crippen LogP contribution in [-0.2, 0) is 21.7 Å². The second-order valence-electron chi connectivity index (χ2n) is 23.7. The fraction of sp³-hybridized carbons (Fsp3) is 0.188. The summed E-state index contributed by atoms with van der Waals surface area (Å²) in [7, 11) is 2.54. The van der Waals surface area contributed by atoms with Crippen LogP contribution in [0.15, 0.2) is 186 Å². The average Bonchev–Trinajstić information content (AvgIpc) is 4.11. The predicted octanol–water partition coefficient (Wildman–Crippen LogP) is 17.6. The number of benzene rings is 9. The van der Waals surface area contributed by atoms with Gasteiger partial charge in [0.1, 0.15) is 11.2 Å². The Kier molecular flexibility index (Phi) is 9.05. The first-order valence-corrected chi connectivity index (χ1v) is 27.3. The lowest BCUT2D eigenvalue weighted by molar-refractivity contribution is 0.332. The molecule has 2 aromatic heterocycles. The van der Waals surface area contributed by atoms with E-state index in [1.165, 1.54) is 99.2 Å². The Morgan fingerprint density at radius 1 is 0.541 bits per heavy atom. The SMILES string of the molecule is CC(C)(C)c1ccc(N2c3cc4oc5ccccc5c4c(-c4cccc5c4Nc4ccccc4C54c5ccccc5-c5ccccc54)c3[B]c3sc4cc5c(cc4c32)C(C)(C)CCC5(C)C)c(-c2ccccc2)c1. The zero-order valence-electron chi connectivity index (χ0n) is 43.1. The van der Waals surface area contributed by atoms with Gasteiger partial charge in [0.15, 0.2) is 0 Å². The normalized spacial score (nSPS) is 16.2. The first-order chi connectivity index (χ1) is 35.8. The van der Waals surface area contributed by atoms with Crippen molar-refractivity contribution in [2.75, 3.05) is 10.2 Å². The largest absolute Gasteiger partial charge is 0.456 e. The summed E-state index contributed by atoms with van der Waals surface area (Å²) in [6.07, 6.45) is 2.32. The molecule has 4 aliphatic rings. The van der Waals surface area contributed by atoms with E-state index in [0.717, 1.165) is 56.7 Å². The van der Waals surface area contributed by atoms with E-state index in [4.69, 9.17) is 4.42 Å². The van der Waals surface area contributed by atoms with E-state index < -0.39 is 5.41 Å². The van der Waals surface area contributed by atoms with Crippen LogP contribution >= 0.6 is 11.3 Å². The van der Waals surface area contributed by atoms with Crippen molar-refractivity contribution in [1.29, 1.82) is 0 Å². The lowest BCUT2D eigenvalue weighted by Gasteiger charge is -2.42. The Morgan fingerprint density at radius 3 is 1.92 bits per heavy atom. The molecule has 357 valence electrons. The van der Waals surface area contributed by atoms with Crippen molar-refractivity contribution in [2.24, 2.45) is 0 Å². The summed E-state index contributed by atoms with van der Waals surface area (Å²) in [5.41, 5.74) is 24.9. The van der Waals surface area contributed by atoms with Gasteiger partial charge in [-0.05, 0) is 137 Å². The summed E-state index contributed by atoms with van der Waals surface area (Å²) >= 11 is 1.94. The van der Waals surface area contributed by atoms with Gasteiger partial charge in [-0.1, -0.05) is 188 Å². The number of nitrogens with one attached hydrogen (secondary N) is 1. The number of para-hydroxylation sites is 3. The van der Waals surface area contributed by atoms with Gasteiger partial charge < -0.3 is 14.6 Å². The van der Waals surface area contributed by atoms with E-state index in [1.807, 2.05) is 11.3 Å². The molecule has 1 spiro atoms. The lowest BCUT2D eigenvalue weighted by atomic mass is 9.60. The van der Waals surface area contributed by atoms with Gasteiger partial charge in [0.05, 0.1) is 22.5 Å². The third-order valence-corrected chi connectivity index (χ3v) is 18.6. The van der Waals surface area contributed by atoms with Crippen molar-refractivity contribution >= 4 is 89.3 Å². The Bertz CT molecular complexity index is 4160. The minimum Gasteiger partial charge on any atom is -0.456 e. The standard InChI is InChI=1S/C69H56BN2OS/c1-66(2,3)41-32-33-55(46(36-41)40-20-9-8-10-21-40)72-56-39-58-60(44-24-13-18-31-57(44)73-58)61(62(56)70-65-64(72)47-37-52-53(38-59(47)74-65)68(6,7)35-34-67(52,4)5)45-25-19-29-51-63(45)71-54-30-17-16-28-50(54)69(51)48-26-14-11-22-42(48)43-23-12-15-27-49(43)69/h8-33,36-39,71H,34-35H2,1-7H3. The smallest absolute Gasteiger partial charge is 0.211 e. The number of hydrogen-bond donors (Lipinski definition) is 1. The summed E-state index contributed by atoms with van der Waals surface area (Å²) in [4.78, 5) is 2.63. The van der Waals surface area contributed by atoms with Crippen molar-refractivity contribution in [3.8, 4) is 33.4 Å². The van der Waals surface area contributed by atoms with Crippen LogP contribution in [0.4, 0.5) is 28.4 Å². The van der Waals surface area contributed by atoms with E-state index in [1.54, 1.807) is 0 Å². The minimum absolute atomic E-state index is 0.0435. The van der Waals surface area contributed by atoms with E-state index in [0.29, 0.717) is 0 Å². The molecule has 1 N–H and O–H groups in total. The monoisotopic (exact) mass is 971 g/mol. The molecular formula is C69H56BN2OS. The maximum atomic E-state index is 7.15. The van der Waals surface area contributed by atoms with E-state index >= 15 is 0 Å². The highest BCUT2D eigenvalue weighted by Gasteiger charge is 2.51. The second-order valence-corrected chi connectivity index (χ2v) is 24.8. The fourth-order valence-electron chi connectivity index (χ4n) is 13.8. The topological polar surface area (TPSA) is 28.4 Å². The zero-order chi connectivity index (χ0) is 50.0. The van der Waals surface area contributed by atoms with Crippen molar-refractivity contribution in [3.63, 3.8) is 0 Å². The molecule has 0 saturated carbocycles. The van der Waals surface area contributed by atoms with Gasteiger partial charge in [-0.25, -0.2) is 0 Å². The van der Waals surface area contributed by atoms with Gasteiger partial charge in [-0.15, -0.1) is 11.3 Å². The molecule has 0 bridgehead atoms. The molecule has 74 heavy (non-hydrogen) atoms. The number of thiophene rings is 1. The molecule has 11 aromatic rings. The molecule has 2 aliphatic heterocycles. The summed E-state index contributed by atoms with van der Waals surface area (Å²) in [5, 5.41) is 7.70. The maximum Gasteiger partial charge on any atom is 0.211 e. The van der Waals surface area contributed by atoms with Crippen molar-refractivity contribution < 1.29 is 4.42 Å².